The van der Waals surface area contributed by atoms with Crippen molar-refractivity contribution in [2.75, 3.05) is 13.2 Å². The molecule has 2 aromatic rings. The molecule has 1 aliphatic carbocycles. The number of carbonyl (C=O) groups excluding carboxylic acids is 1. The Balaban J connectivity index is 1.49. The number of thiazole rings is 1. The minimum atomic E-state index is -0.321. The van der Waals surface area contributed by atoms with E-state index in [-0.39, 0.29) is 5.97 Å². The maximum absolute atomic E-state index is 11.8. The summed E-state index contributed by atoms with van der Waals surface area (Å²) in [5.74, 6) is -0.321. The highest BCUT2D eigenvalue weighted by atomic mass is 32.1. The van der Waals surface area contributed by atoms with Crippen molar-refractivity contribution < 1.29 is 9.53 Å². The number of hydrogen-bond acceptors (Lipinski definition) is 5. The zero-order chi connectivity index (χ0) is 17.0. The lowest BCUT2D eigenvalue weighted by molar-refractivity contribution is 0.0519. The summed E-state index contributed by atoms with van der Waals surface area (Å²) in [5, 5.41) is 4.42. The van der Waals surface area contributed by atoms with Gasteiger partial charge in [0, 0.05) is 11.4 Å². The van der Waals surface area contributed by atoms with Crippen molar-refractivity contribution in [2.45, 2.75) is 45.1 Å². The number of ether oxygens (including phenoxy) is 1. The molecule has 0 spiro atoms. The highest BCUT2D eigenvalue weighted by Gasteiger charge is 2.43. The third-order valence-electron chi connectivity index (χ3n) is 4.61. The Bertz CT molecular complexity index is 693. The summed E-state index contributed by atoms with van der Waals surface area (Å²) in [4.78, 5) is 17.1. The molecular weight excluding hydrogens is 320 g/mol. The van der Waals surface area contributed by atoms with Crippen LogP contribution in [0.1, 0.15) is 52.1 Å². The van der Waals surface area contributed by atoms with Crippen LogP contribution >= 0.6 is 11.3 Å². The van der Waals surface area contributed by atoms with Gasteiger partial charge in [0.25, 0.3) is 0 Å². The van der Waals surface area contributed by atoms with Gasteiger partial charge in [-0.15, -0.1) is 11.3 Å². The molecule has 5 heteroatoms. The van der Waals surface area contributed by atoms with Crippen LogP contribution in [0.25, 0.3) is 0 Å². The summed E-state index contributed by atoms with van der Waals surface area (Å²) >= 11 is 1.56. The van der Waals surface area contributed by atoms with Crippen LogP contribution < -0.4 is 5.32 Å². The third-order valence-corrected chi connectivity index (χ3v) is 5.58. The quantitative estimate of drug-likeness (QED) is 0.584. The second-order valence-corrected chi connectivity index (χ2v) is 7.59. The number of carbonyl (C=O) groups is 1. The molecule has 3 rings (SSSR count). The smallest absolute Gasteiger partial charge is 0.358 e. The molecular formula is C19H24N2O2S. The Labute approximate surface area is 147 Å². The Kier molecular flexibility index (Phi) is 5.31. The topological polar surface area (TPSA) is 51.2 Å². The van der Waals surface area contributed by atoms with Crippen molar-refractivity contribution in [1.82, 2.24) is 10.3 Å². The first-order valence-electron chi connectivity index (χ1n) is 8.54. The van der Waals surface area contributed by atoms with Crippen LogP contribution in [-0.4, -0.2) is 24.1 Å². The van der Waals surface area contributed by atoms with Gasteiger partial charge in [0.05, 0.1) is 6.61 Å². The molecule has 24 heavy (non-hydrogen) atoms. The van der Waals surface area contributed by atoms with E-state index in [1.165, 1.54) is 18.4 Å². The van der Waals surface area contributed by atoms with Gasteiger partial charge in [0.2, 0.25) is 0 Å². The van der Waals surface area contributed by atoms with E-state index in [1.54, 1.807) is 11.3 Å². The first-order valence-corrected chi connectivity index (χ1v) is 9.36. The lowest BCUT2D eigenvalue weighted by Crippen LogP contribution is -2.20. The lowest BCUT2D eigenvalue weighted by atomic mass is 9.92. The van der Waals surface area contributed by atoms with Crippen molar-refractivity contribution in [2.24, 2.45) is 0 Å². The number of nitrogens with one attached hydrogen (secondary N) is 1. The number of esters is 1. The second kappa shape index (κ2) is 7.45. The zero-order valence-corrected chi connectivity index (χ0v) is 15.1. The summed E-state index contributed by atoms with van der Waals surface area (Å²) in [5.41, 5.74) is 2.30. The average molecular weight is 344 g/mol. The average Bonchev–Trinajstić information content (AvgIpc) is 3.29. The normalized spacial score (nSPS) is 15.2. The van der Waals surface area contributed by atoms with Gasteiger partial charge in [-0.25, -0.2) is 9.78 Å². The number of aryl methyl sites for hydroxylation is 1. The minimum absolute atomic E-state index is 0.321. The molecule has 4 nitrogen and oxygen atoms in total. The number of benzene rings is 1. The molecule has 0 bridgehead atoms. The molecule has 0 saturated heterocycles. The van der Waals surface area contributed by atoms with Crippen molar-refractivity contribution >= 4 is 17.3 Å². The minimum Gasteiger partial charge on any atom is -0.461 e. The third kappa shape index (κ3) is 3.84. The summed E-state index contributed by atoms with van der Waals surface area (Å²) < 4.78 is 5.03. The summed E-state index contributed by atoms with van der Waals surface area (Å²) in [6, 6.07) is 10.8. The SMILES string of the molecule is CCOC(=O)c1nc(CNCCC2(c3ccccc3)CC2)sc1C. The van der Waals surface area contributed by atoms with E-state index in [0.717, 1.165) is 22.9 Å². The zero-order valence-electron chi connectivity index (χ0n) is 14.3. The molecule has 1 aromatic carbocycles. The first-order chi connectivity index (χ1) is 11.6. The highest BCUT2D eigenvalue weighted by Crippen LogP contribution is 2.50. The van der Waals surface area contributed by atoms with Crippen LogP contribution in [0, 0.1) is 6.92 Å². The van der Waals surface area contributed by atoms with Crippen LogP contribution in [0.3, 0.4) is 0 Å². The van der Waals surface area contributed by atoms with Crippen LogP contribution in [0.15, 0.2) is 30.3 Å². The predicted molar refractivity (Wildman–Crippen MR) is 96.5 cm³/mol. The van der Waals surface area contributed by atoms with Gasteiger partial charge >= 0.3 is 5.97 Å². The van der Waals surface area contributed by atoms with E-state index < -0.39 is 0 Å². The van der Waals surface area contributed by atoms with Crippen molar-refractivity contribution in [3.8, 4) is 0 Å². The van der Waals surface area contributed by atoms with E-state index in [2.05, 4.69) is 40.6 Å². The van der Waals surface area contributed by atoms with Gasteiger partial charge in [-0.2, -0.15) is 0 Å². The molecule has 0 unspecified atom stereocenters. The Morgan fingerprint density at radius 2 is 2.08 bits per heavy atom. The number of nitrogens with zero attached hydrogens (tertiary/aromatic N) is 1. The predicted octanol–water partition coefficient (Wildman–Crippen LogP) is 3.84. The molecule has 1 N–H and O–H groups in total. The highest BCUT2D eigenvalue weighted by molar-refractivity contribution is 7.11. The summed E-state index contributed by atoms with van der Waals surface area (Å²) in [6.07, 6.45) is 3.70. The second-order valence-electron chi connectivity index (χ2n) is 6.31. The van der Waals surface area contributed by atoms with Crippen LogP contribution in [0.4, 0.5) is 0 Å². The fourth-order valence-corrected chi connectivity index (χ4v) is 3.95. The van der Waals surface area contributed by atoms with Gasteiger partial charge in [-0.3, -0.25) is 0 Å². The van der Waals surface area contributed by atoms with Crippen molar-refractivity contribution in [3.63, 3.8) is 0 Å². The van der Waals surface area contributed by atoms with Crippen molar-refractivity contribution in [1.29, 1.82) is 0 Å². The maximum Gasteiger partial charge on any atom is 0.358 e. The molecule has 0 atom stereocenters. The summed E-state index contributed by atoms with van der Waals surface area (Å²) in [7, 11) is 0. The molecule has 0 amide bonds. The maximum atomic E-state index is 11.8. The van der Waals surface area contributed by atoms with Crippen LogP contribution in [0.2, 0.25) is 0 Å². The fraction of sp³-hybridized carbons (Fsp3) is 0.474. The van der Waals surface area contributed by atoms with Gasteiger partial charge in [-0.1, -0.05) is 30.3 Å². The molecule has 1 aromatic heterocycles. The largest absolute Gasteiger partial charge is 0.461 e. The number of hydrogen-bond donors (Lipinski definition) is 1. The first kappa shape index (κ1) is 17.1. The Morgan fingerprint density at radius 3 is 2.75 bits per heavy atom. The van der Waals surface area contributed by atoms with E-state index in [4.69, 9.17) is 4.74 Å². The van der Waals surface area contributed by atoms with E-state index in [0.29, 0.717) is 24.3 Å². The van der Waals surface area contributed by atoms with Crippen LogP contribution in [0.5, 0.6) is 0 Å². The van der Waals surface area contributed by atoms with Gasteiger partial charge in [-0.05, 0) is 50.6 Å². The van der Waals surface area contributed by atoms with E-state index in [9.17, 15) is 4.79 Å². The molecule has 1 saturated carbocycles. The number of rotatable bonds is 8. The molecule has 1 fully saturated rings. The van der Waals surface area contributed by atoms with Gasteiger partial charge < -0.3 is 10.1 Å². The molecule has 1 heterocycles. The molecule has 1 aliphatic rings. The molecule has 0 aliphatic heterocycles. The van der Waals surface area contributed by atoms with Gasteiger partial charge in [0.1, 0.15) is 5.01 Å². The molecule has 0 radical (unpaired) electrons. The van der Waals surface area contributed by atoms with Crippen molar-refractivity contribution in [3.05, 3.63) is 51.5 Å². The molecule has 128 valence electrons. The standard InChI is InChI=1S/C19H24N2O2S/c1-3-23-18(22)17-14(2)24-16(21-17)13-20-12-11-19(9-10-19)15-7-5-4-6-8-15/h4-8,20H,3,9-13H2,1-2H3. The Morgan fingerprint density at radius 1 is 1.33 bits per heavy atom. The lowest BCUT2D eigenvalue weighted by Gasteiger charge is -2.15. The summed E-state index contributed by atoms with van der Waals surface area (Å²) in [6.45, 7) is 5.77. The van der Waals surface area contributed by atoms with E-state index >= 15 is 0 Å². The fourth-order valence-electron chi connectivity index (χ4n) is 3.06. The van der Waals surface area contributed by atoms with Gasteiger partial charge in [0.15, 0.2) is 5.69 Å². The number of aromatic nitrogens is 1. The monoisotopic (exact) mass is 344 g/mol. The Hall–Kier alpha value is -1.72. The van der Waals surface area contributed by atoms with E-state index in [1.807, 2.05) is 13.8 Å². The van der Waals surface area contributed by atoms with Crippen LogP contribution in [-0.2, 0) is 16.7 Å².